The van der Waals surface area contributed by atoms with Crippen LogP contribution in [0.1, 0.15) is 57.3 Å². The lowest BCUT2D eigenvalue weighted by molar-refractivity contribution is 0.284. The molecule has 0 fully saturated rings. The summed E-state index contributed by atoms with van der Waals surface area (Å²) in [4.78, 5) is 0. The molecule has 0 unspecified atom stereocenters. The Bertz CT molecular complexity index is 1350. The van der Waals surface area contributed by atoms with Crippen LogP contribution in [0.2, 0.25) is 0 Å². The van der Waals surface area contributed by atoms with Gasteiger partial charge in [0.2, 0.25) is 0 Å². The molecule has 0 aromatic heterocycles. The summed E-state index contributed by atoms with van der Waals surface area (Å²) >= 11 is 0. The van der Waals surface area contributed by atoms with Crippen molar-refractivity contribution in [3.05, 3.63) is 117 Å². The summed E-state index contributed by atoms with van der Waals surface area (Å²) in [6.45, 7) is 11.2. The van der Waals surface area contributed by atoms with Gasteiger partial charge in [-0.25, -0.2) is 0 Å². The molecule has 0 heterocycles. The van der Waals surface area contributed by atoms with Crippen molar-refractivity contribution in [3.63, 3.8) is 0 Å². The number of nitrogens with one attached hydrogen (secondary N) is 1. The highest BCUT2D eigenvalue weighted by molar-refractivity contribution is 5.72. The molecular weight excluding hydrogens is 522 g/mol. The first-order valence-electron chi connectivity index (χ1n) is 15.0. The molecule has 0 aliphatic rings. The lowest BCUT2D eigenvalue weighted by atomic mass is 9.92. The van der Waals surface area contributed by atoms with E-state index >= 15 is 0 Å². The summed E-state index contributed by atoms with van der Waals surface area (Å²) in [5.41, 5.74) is 11.9. The highest BCUT2D eigenvalue weighted by Gasteiger charge is 2.13. The van der Waals surface area contributed by atoms with E-state index in [2.05, 4.69) is 99.7 Å². The van der Waals surface area contributed by atoms with Gasteiger partial charge in [0.25, 0.3) is 0 Å². The second-order valence-corrected chi connectivity index (χ2v) is 11.0. The number of aryl methyl sites for hydroxylation is 3. The molecule has 42 heavy (non-hydrogen) atoms. The number of ether oxygens (including phenoxy) is 2. The van der Waals surface area contributed by atoms with Crippen LogP contribution in [0, 0.1) is 27.7 Å². The smallest absolute Gasteiger partial charge is 0.122 e. The number of unbranched alkanes of at least 4 members (excludes halogenated alkanes) is 1. The second kappa shape index (κ2) is 15.5. The van der Waals surface area contributed by atoms with Crippen molar-refractivity contribution < 1.29 is 19.7 Å². The largest absolute Gasteiger partial charge is 0.489 e. The minimum Gasteiger partial charge on any atom is -0.489 e. The molecule has 3 N–H and O–H groups in total. The zero-order valence-corrected chi connectivity index (χ0v) is 25.5. The molecule has 0 aliphatic carbocycles. The third kappa shape index (κ3) is 8.22. The number of rotatable bonds is 15. The highest BCUT2D eigenvalue weighted by Crippen LogP contribution is 2.32. The number of hydrogen-bond donors (Lipinski definition) is 3. The van der Waals surface area contributed by atoms with E-state index in [0.29, 0.717) is 19.8 Å². The van der Waals surface area contributed by atoms with Crippen molar-refractivity contribution in [1.29, 1.82) is 0 Å². The minimum absolute atomic E-state index is 0.137. The van der Waals surface area contributed by atoms with Crippen LogP contribution in [0.4, 0.5) is 0 Å². The van der Waals surface area contributed by atoms with Gasteiger partial charge < -0.3 is 25.0 Å². The lowest BCUT2D eigenvalue weighted by Crippen LogP contribution is -2.17. The van der Waals surface area contributed by atoms with Crippen molar-refractivity contribution in [2.45, 2.75) is 66.7 Å². The molecule has 0 aliphatic heterocycles. The van der Waals surface area contributed by atoms with Gasteiger partial charge in [-0.1, -0.05) is 60.7 Å². The van der Waals surface area contributed by atoms with Gasteiger partial charge in [0.15, 0.2) is 0 Å². The molecule has 0 bridgehead atoms. The predicted molar refractivity (Wildman–Crippen MR) is 171 cm³/mol. The van der Waals surface area contributed by atoms with Gasteiger partial charge in [-0.2, -0.15) is 0 Å². The Labute approximate surface area is 251 Å². The molecule has 0 saturated carbocycles. The lowest BCUT2D eigenvalue weighted by Gasteiger charge is -2.18. The highest BCUT2D eigenvalue weighted by atomic mass is 16.5. The summed E-state index contributed by atoms with van der Waals surface area (Å²) in [5.74, 6) is 1.79. The number of hydrogen-bond acceptors (Lipinski definition) is 5. The zero-order valence-electron chi connectivity index (χ0n) is 25.5. The van der Waals surface area contributed by atoms with Gasteiger partial charge in [-0.3, -0.25) is 0 Å². The molecule has 4 aromatic rings. The Morgan fingerprint density at radius 3 is 1.69 bits per heavy atom. The fourth-order valence-corrected chi connectivity index (χ4v) is 5.34. The quantitative estimate of drug-likeness (QED) is 0.133. The van der Waals surface area contributed by atoms with Gasteiger partial charge in [-0.15, -0.1) is 0 Å². The van der Waals surface area contributed by atoms with E-state index in [1.165, 1.54) is 38.9 Å². The monoisotopic (exact) mass is 567 g/mol. The third-order valence-corrected chi connectivity index (χ3v) is 7.92. The van der Waals surface area contributed by atoms with Crippen LogP contribution >= 0.6 is 0 Å². The maximum atomic E-state index is 9.04. The van der Waals surface area contributed by atoms with Crippen LogP contribution in [0.15, 0.2) is 72.8 Å². The molecular formula is C37H45NO4. The van der Waals surface area contributed by atoms with Crippen LogP contribution in [0.3, 0.4) is 0 Å². The number of aliphatic hydroxyl groups excluding tert-OH is 2. The van der Waals surface area contributed by atoms with Crippen molar-refractivity contribution in [2.75, 3.05) is 19.8 Å². The molecule has 0 saturated heterocycles. The predicted octanol–water partition coefficient (Wildman–Crippen LogP) is 7.14. The Kier molecular flexibility index (Phi) is 11.6. The Morgan fingerprint density at radius 2 is 1.17 bits per heavy atom. The first kappa shape index (κ1) is 31.3. The third-order valence-electron chi connectivity index (χ3n) is 7.92. The molecule has 0 amide bonds. The van der Waals surface area contributed by atoms with E-state index in [-0.39, 0.29) is 13.2 Å². The number of benzene rings is 4. The molecule has 4 rings (SSSR count). The first-order chi connectivity index (χ1) is 20.4. The Morgan fingerprint density at radius 1 is 0.619 bits per heavy atom. The van der Waals surface area contributed by atoms with Gasteiger partial charge in [-0.05, 0) is 115 Å². The summed E-state index contributed by atoms with van der Waals surface area (Å²) in [6, 6.07) is 25.5. The average Bonchev–Trinajstić information content (AvgIpc) is 2.98. The van der Waals surface area contributed by atoms with E-state index in [9.17, 15) is 0 Å². The normalized spacial score (nSPS) is 11.1. The van der Waals surface area contributed by atoms with Crippen molar-refractivity contribution in [2.24, 2.45) is 0 Å². The topological polar surface area (TPSA) is 71.0 Å². The van der Waals surface area contributed by atoms with Gasteiger partial charge in [0.05, 0.1) is 6.61 Å². The molecule has 222 valence electrons. The fourth-order valence-electron chi connectivity index (χ4n) is 5.34. The van der Waals surface area contributed by atoms with E-state index in [4.69, 9.17) is 19.7 Å². The Balaban J connectivity index is 1.44. The van der Waals surface area contributed by atoms with Crippen molar-refractivity contribution in [1.82, 2.24) is 5.32 Å². The van der Waals surface area contributed by atoms with Crippen LogP contribution in [-0.4, -0.2) is 30.0 Å². The molecule has 5 nitrogen and oxygen atoms in total. The standard InChI is InChI=1S/C37H45NO4/c1-26-21-30(9-5-6-19-39)14-16-36(26)41-24-32-10-7-12-34(28(32)3)35-13-8-11-33(29(35)4)25-42-37-17-15-31(22-27(37)2)23-38-18-20-40/h7-8,10-17,21-22,38-40H,5-6,9,18-20,23-25H2,1-4H3. The molecule has 4 aromatic carbocycles. The van der Waals surface area contributed by atoms with Crippen LogP contribution in [0.5, 0.6) is 11.5 Å². The zero-order chi connectivity index (χ0) is 29.9. The average molecular weight is 568 g/mol. The van der Waals surface area contributed by atoms with Gasteiger partial charge in [0.1, 0.15) is 24.7 Å². The summed E-state index contributed by atoms with van der Waals surface area (Å²) in [5, 5.41) is 21.2. The maximum Gasteiger partial charge on any atom is 0.122 e. The minimum atomic E-state index is 0.137. The first-order valence-corrected chi connectivity index (χ1v) is 15.0. The van der Waals surface area contributed by atoms with Crippen LogP contribution in [-0.2, 0) is 26.2 Å². The summed E-state index contributed by atoms with van der Waals surface area (Å²) in [6.07, 6.45) is 2.80. The molecule has 0 spiro atoms. The van der Waals surface area contributed by atoms with E-state index in [0.717, 1.165) is 54.0 Å². The van der Waals surface area contributed by atoms with E-state index in [1.54, 1.807) is 0 Å². The van der Waals surface area contributed by atoms with E-state index < -0.39 is 0 Å². The molecule has 5 heteroatoms. The summed E-state index contributed by atoms with van der Waals surface area (Å²) in [7, 11) is 0. The number of aliphatic hydroxyl groups is 2. The van der Waals surface area contributed by atoms with Gasteiger partial charge in [0, 0.05) is 19.7 Å². The van der Waals surface area contributed by atoms with Crippen molar-refractivity contribution in [3.8, 4) is 22.6 Å². The van der Waals surface area contributed by atoms with Crippen molar-refractivity contribution >= 4 is 0 Å². The molecule has 0 radical (unpaired) electrons. The SMILES string of the molecule is Cc1cc(CCCCO)ccc1OCc1cccc(-c2cccc(COc3ccc(CNCCO)cc3C)c2C)c1C. The van der Waals surface area contributed by atoms with E-state index in [1.807, 2.05) is 6.07 Å². The fraction of sp³-hybridized carbons (Fsp3) is 0.351. The Hall–Kier alpha value is -3.64. The summed E-state index contributed by atoms with van der Waals surface area (Å²) < 4.78 is 12.6. The van der Waals surface area contributed by atoms with Crippen LogP contribution < -0.4 is 14.8 Å². The molecule has 0 atom stereocenters. The second-order valence-electron chi connectivity index (χ2n) is 11.0. The van der Waals surface area contributed by atoms with Crippen LogP contribution in [0.25, 0.3) is 11.1 Å². The maximum absolute atomic E-state index is 9.04. The van der Waals surface area contributed by atoms with Gasteiger partial charge >= 0.3 is 0 Å².